The molecule has 0 aliphatic heterocycles. The molecule has 0 aliphatic rings. The second kappa shape index (κ2) is 10.5. The maximum Gasteiger partial charge on any atom is 2.00 e. The molecule has 0 rings (SSSR count). The zero-order chi connectivity index (χ0) is 15.0. The third-order valence-electron chi connectivity index (χ3n) is 2.38. The monoisotopic (exact) mass is 474 g/mol. The molecule has 2 radical (unpaired) electrons. The first-order valence-electron chi connectivity index (χ1n) is 5.00. The summed E-state index contributed by atoms with van der Waals surface area (Å²) < 4.78 is 0. The minimum absolute atomic E-state index is 0. The molecular weight excluding hydrogens is 455 g/mol. The van der Waals surface area contributed by atoms with E-state index in [1.807, 2.05) is 0 Å². The second-order valence-corrected chi connectivity index (χ2v) is 4.33. The van der Waals surface area contributed by atoms with Gasteiger partial charge in [0.05, 0.1) is 49.2 Å². The van der Waals surface area contributed by atoms with Gasteiger partial charge in [-0.05, 0) is 13.8 Å². The molecule has 0 fully saturated rings. The standard InChI is InChI=1S/2C5H10O4.Pb/c2*1-5(2-6,3-7)4(8)9;/h2*6-7H,2-3H2,1H3,(H,8,9);/q;;+2/p-2. The van der Waals surface area contributed by atoms with Gasteiger partial charge in [0.1, 0.15) is 0 Å². The second-order valence-electron chi connectivity index (χ2n) is 4.33. The van der Waals surface area contributed by atoms with E-state index in [-0.39, 0.29) is 27.3 Å². The van der Waals surface area contributed by atoms with E-state index in [9.17, 15) is 19.8 Å². The summed E-state index contributed by atoms with van der Waals surface area (Å²) in [4.78, 5) is 20.1. The summed E-state index contributed by atoms with van der Waals surface area (Å²) in [6.07, 6.45) is 0. The van der Waals surface area contributed by atoms with Gasteiger partial charge in [0, 0.05) is 0 Å². The average molecular weight is 473 g/mol. The Morgan fingerprint density at radius 1 is 0.789 bits per heavy atom. The number of carbonyl (C=O) groups is 2. The van der Waals surface area contributed by atoms with Crippen molar-refractivity contribution in [2.24, 2.45) is 10.8 Å². The number of hydrogen-bond acceptors (Lipinski definition) is 8. The summed E-state index contributed by atoms with van der Waals surface area (Å²) in [6, 6.07) is 0. The molecule has 0 saturated carbocycles. The van der Waals surface area contributed by atoms with E-state index in [4.69, 9.17) is 20.4 Å². The van der Waals surface area contributed by atoms with Crippen LogP contribution in [0, 0.1) is 10.8 Å². The van der Waals surface area contributed by atoms with Gasteiger partial charge in [0.15, 0.2) is 0 Å². The molecule has 0 aromatic heterocycles. The number of carbonyl (C=O) groups excluding carboxylic acids is 2. The molecule has 0 amide bonds. The van der Waals surface area contributed by atoms with Crippen molar-refractivity contribution < 1.29 is 40.2 Å². The number of aliphatic carboxylic acids is 2. The Kier molecular flexibility index (Phi) is 13.1. The molecule has 0 aliphatic carbocycles. The van der Waals surface area contributed by atoms with Gasteiger partial charge in [-0.15, -0.1) is 0 Å². The smallest absolute Gasteiger partial charge is 0.549 e. The van der Waals surface area contributed by atoms with Crippen molar-refractivity contribution in [2.75, 3.05) is 26.4 Å². The van der Waals surface area contributed by atoms with Crippen molar-refractivity contribution in [1.29, 1.82) is 0 Å². The van der Waals surface area contributed by atoms with Gasteiger partial charge < -0.3 is 40.2 Å². The normalized spacial score (nSPS) is 10.8. The van der Waals surface area contributed by atoms with Gasteiger partial charge in [0.2, 0.25) is 0 Å². The molecule has 110 valence electrons. The predicted molar refractivity (Wildman–Crippen MR) is 60.3 cm³/mol. The quantitative estimate of drug-likeness (QED) is 0.279. The minimum atomic E-state index is -1.50. The molecule has 19 heavy (non-hydrogen) atoms. The summed E-state index contributed by atoms with van der Waals surface area (Å²) in [5.41, 5.74) is -3.00. The van der Waals surface area contributed by atoms with Gasteiger partial charge in [-0.2, -0.15) is 0 Å². The van der Waals surface area contributed by atoms with Crippen molar-refractivity contribution in [3.63, 3.8) is 0 Å². The molecule has 8 nitrogen and oxygen atoms in total. The summed E-state index contributed by atoms with van der Waals surface area (Å²) in [7, 11) is 0. The molecule has 0 spiro atoms. The van der Waals surface area contributed by atoms with Crippen molar-refractivity contribution in [3.8, 4) is 0 Å². The van der Waals surface area contributed by atoms with Crippen LogP contribution in [0.4, 0.5) is 0 Å². The largest absolute Gasteiger partial charge is 2.00 e. The first-order valence-corrected chi connectivity index (χ1v) is 5.00. The van der Waals surface area contributed by atoms with Crippen LogP contribution < -0.4 is 10.2 Å². The molecule has 0 aromatic carbocycles. The van der Waals surface area contributed by atoms with E-state index >= 15 is 0 Å². The maximum absolute atomic E-state index is 10.1. The third kappa shape index (κ3) is 7.77. The fourth-order valence-corrected chi connectivity index (χ4v) is 0.358. The fraction of sp³-hybridized carbons (Fsp3) is 0.800. The molecule has 0 saturated heterocycles. The van der Waals surface area contributed by atoms with Crippen LogP contribution in [0.1, 0.15) is 13.8 Å². The van der Waals surface area contributed by atoms with Crippen LogP contribution in [0.25, 0.3) is 0 Å². The number of rotatable bonds is 6. The van der Waals surface area contributed by atoms with Crippen LogP contribution in [-0.4, -0.2) is 86.1 Å². The van der Waals surface area contributed by atoms with Crippen LogP contribution >= 0.6 is 0 Å². The summed E-state index contributed by atoms with van der Waals surface area (Å²) in [6.45, 7) is -0.00000000000000133. The molecule has 0 aromatic rings. The predicted octanol–water partition coefficient (Wildman–Crippen LogP) is -4.93. The van der Waals surface area contributed by atoms with E-state index in [0.29, 0.717) is 0 Å². The van der Waals surface area contributed by atoms with Gasteiger partial charge >= 0.3 is 27.3 Å². The number of aliphatic hydroxyl groups excluding tert-OH is 4. The Morgan fingerprint density at radius 2 is 0.947 bits per heavy atom. The zero-order valence-electron chi connectivity index (χ0n) is 10.8. The van der Waals surface area contributed by atoms with Gasteiger partial charge in [-0.3, -0.25) is 0 Å². The molecule has 0 atom stereocenters. The number of carboxylic acid groups (broad SMARTS) is 2. The van der Waals surface area contributed by atoms with Crippen LogP contribution in [0.3, 0.4) is 0 Å². The van der Waals surface area contributed by atoms with E-state index in [1.54, 1.807) is 0 Å². The summed E-state index contributed by atoms with van der Waals surface area (Å²) >= 11 is 0. The Labute approximate surface area is 130 Å². The summed E-state index contributed by atoms with van der Waals surface area (Å²) in [5.74, 6) is -2.87. The van der Waals surface area contributed by atoms with E-state index < -0.39 is 49.2 Å². The molecular formula is C10H18O8Pb. The van der Waals surface area contributed by atoms with Gasteiger partial charge in [0.25, 0.3) is 0 Å². The Morgan fingerprint density at radius 3 is 0.947 bits per heavy atom. The van der Waals surface area contributed by atoms with E-state index in [1.165, 1.54) is 13.8 Å². The minimum Gasteiger partial charge on any atom is -0.549 e. The number of aliphatic hydroxyl groups is 4. The Balaban J connectivity index is -0.000000256. The van der Waals surface area contributed by atoms with Crippen molar-refractivity contribution in [2.45, 2.75) is 13.8 Å². The van der Waals surface area contributed by atoms with Gasteiger partial charge in [-0.1, -0.05) is 0 Å². The van der Waals surface area contributed by atoms with E-state index in [0.717, 1.165) is 0 Å². The number of hydrogen-bond donors (Lipinski definition) is 4. The molecule has 0 unspecified atom stereocenters. The van der Waals surface area contributed by atoms with Gasteiger partial charge in [-0.25, -0.2) is 0 Å². The first kappa shape index (κ1) is 23.8. The van der Waals surface area contributed by atoms with E-state index in [2.05, 4.69) is 0 Å². The van der Waals surface area contributed by atoms with Crippen LogP contribution in [0.15, 0.2) is 0 Å². The molecule has 0 bridgehead atoms. The Bertz CT molecular complexity index is 245. The third-order valence-corrected chi connectivity index (χ3v) is 2.38. The topological polar surface area (TPSA) is 161 Å². The van der Waals surface area contributed by atoms with Crippen molar-refractivity contribution in [1.82, 2.24) is 0 Å². The van der Waals surface area contributed by atoms with Crippen LogP contribution in [0.2, 0.25) is 0 Å². The summed E-state index contributed by atoms with van der Waals surface area (Å²) in [5, 5.41) is 53.6. The van der Waals surface area contributed by atoms with Crippen molar-refractivity contribution in [3.05, 3.63) is 0 Å². The Hall–Kier alpha value is -0.298. The fourth-order valence-electron chi connectivity index (χ4n) is 0.358. The first-order chi connectivity index (χ1) is 8.13. The average Bonchev–Trinajstić information content (AvgIpc) is 2.36. The van der Waals surface area contributed by atoms with Crippen molar-refractivity contribution >= 4 is 39.2 Å². The molecule has 0 heterocycles. The zero-order valence-corrected chi connectivity index (χ0v) is 14.6. The number of carboxylic acids is 2. The molecule has 9 heteroatoms. The molecule has 4 N–H and O–H groups in total. The maximum atomic E-state index is 10.1. The van der Waals surface area contributed by atoms with Crippen LogP contribution in [-0.2, 0) is 9.59 Å². The SMILES string of the molecule is CC(CO)(CO)C(=O)[O-].CC(CO)(CO)C(=O)[O-].[Pb+2]. The van der Waals surface area contributed by atoms with Crippen LogP contribution in [0.5, 0.6) is 0 Å².